The van der Waals surface area contributed by atoms with Crippen LogP contribution in [0.4, 0.5) is 25.8 Å². The highest BCUT2D eigenvalue weighted by molar-refractivity contribution is 5.96. The van der Waals surface area contributed by atoms with Crippen molar-refractivity contribution >= 4 is 23.0 Å². The highest BCUT2D eigenvalue weighted by Crippen LogP contribution is 2.42. The van der Waals surface area contributed by atoms with Gasteiger partial charge >= 0.3 is 6.29 Å². The molecule has 1 saturated heterocycles. The number of morpholine rings is 1. The lowest BCUT2D eigenvalue weighted by molar-refractivity contribution is -0.286. The third kappa shape index (κ3) is 4.51. The lowest BCUT2D eigenvalue weighted by atomic mass is 10.2. The van der Waals surface area contributed by atoms with Gasteiger partial charge in [-0.25, -0.2) is 0 Å². The quantitative estimate of drug-likeness (QED) is 0.796. The summed E-state index contributed by atoms with van der Waals surface area (Å²) in [7, 11) is 0. The third-order valence-corrected chi connectivity index (χ3v) is 4.69. The molecule has 1 fully saturated rings. The summed E-state index contributed by atoms with van der Waals surface area (Å²) in [5.74, 6) is -0.378. The summed E-state index contributed by atoms with van der Waals surface area (Å²) in [6.07, 6.45) is -3.67. The number of benzene rings is 2. The summed E-state index contributed by atoms with van der Waals surface area (Å²) in [6.45, 7) is 4.78. The average Bonchev–Trinajstić information content (AvgIpc) is 3.02. The second kappa shape index (κ2) is 7.75. The van der Waals surface area contributed by atoms with Crippen molar-refractivity contribution < 1.29 is 27.8 Å². The van der Waals surface area contributed by atoms with Crippen molar-refractivity contribution in [3.63, 3.8) is 0 Å². The smallest absolute Gasteiger partial charge is 0.395 e. The predicted molar refractivity (Wildman–Crippen MR) is 104 cm³/mol. The van der Waals surface area contributed by atoms with Crippen molar-refractivity contribution in [3.05, 3.63) is 42.5 Å². The molecule has 0 bridgehead atoms. The number of hydrogen-bond donors (Lipinski definition) is 2. The summed E-state index contributed by atoms with van der Waals surface area (Å²) in [5, 5.41) is 5.80. The Balaban J connectivity index is 1.34. The van der Waals surface area contributed by atoms with Crippen molar-refractivity contribution in [3.8, 4) is 11.5 Å². The van der Waals surface area contributed by atoms with E-state index < -0.39 is 12.3 Å². The molecule has 2 heterocycles. The molecule has 0 aromatic heterocycles. The third-order valence-electron chi connectivity index (χ3n) is 4.69. The first kappa shape index (κ1) is 19.3. The fourth-order valence-electron chi connectivity index (χ4n) is 3.18. The van der Waals surface area contributed by atoms with Gasteiger partial charge in [0.15, 0.2) is 11.5 Å². The Morgan fingerprint density at radius 1 is 1.03 bits per heavy atom. The van der Waals surface area contributed by atoms with Crippen LogP contribution < -0.4 is 25.0 Å². The van der Waals surface area contributed by atoms with Crippen LogP contribution in [0.3, 0.4) is 0 Å². The molecule has 4 rings (SSSR count). The predicted octanol–water partition coefficient (Wildman–Crippen LogP) is 3.28. The minimum atomic E-state index is -3.67. The number of alkyl halides is 2. The van der Waals surface area contributed by atoms with E-state index in [0.717, 1.165) is 18.8 Å². The molecule has 0 aliphatic carbocycles. The fraction of sp³-hybridized carbons (Fsp3) is 0.350. The number of rotatable bonds is 5. The van der Waals surface area contributed by atoms with Gasteiger partial charge in [-0.3, -0.25) is 4.79 Å². The maximum absolute atomic E-state index is 13.1. The monoisotopic (exact) mass is 405 g/mol. The van der Waals surface area contributed by atoms with Gasteiger partial charge in [-0.15, -0.1) is 8.78 Å². The lowest BCUT2D eigenvalue weighted by Crippen LogP contribution is -2.36. The number of carbonyl (C=O) groups excluding carboxylic acids is 1. The molecular weight excluding hydrogens is 384 g/mol. The Hall–Kier alpha value is -3.07. The zero-order valence-electron chi connectivity index (χ0n) is 15.8. The number of amides is 1. The molecule has 9 heteroatoms. The van der Waals surface area contributed by atoms with Gasteiger partial charge in [-0.2, -0.15) is 0 Å². The van der Waals surface area contributed by atoms with Gasteiger partial charge in [0.1, 0.15) is 6.04 Å². The van der Waals surface area contributed by atoms with Crippen molar-refractivity contribution in [1.82, 2.24) is 0 Å². The van der Waals surface area contributed by atoms with Crippen LogP contribution in [-0.2, 0) is 9.53 Å². The Morgan fingerprint density at radius 3 is 2.41 bits per heavy atom. The second-order valence-electron chi connectivity index (χ2n) is 6.83. The number of nitrogens with one attached hydrogen (secondary N) is 2. The molecule has 2 aliphatic rings. The summed E-state index contributed by atoms with van der Waals surface area (Å²) < 4.78 is 40.4. The number of carbonyl (C=O) groups is 1. The zero-order valence-corrected chi connectivity index (χ0v) is 15.8. The van der Waals surface area contributed by atoms with E-state index in [1.54, 1.807) is 13.0 Å². The van der Waals surface area contributed by atoms with Crippen LogP contribution in [0.5, 0.6) is 11.5 Å². The number of nitrogens with zero attached hydrogens (tertiary/aromatic N) is 1. The van der Waals surface area contributed by atoms with E-state index >= 15 is 0 Å². The van der Waals surface area contributed by atoms with E-state index in [4.69, 9.17) is 4.74 Å². The van der Waals surface area contributed by atoms with Crippen LogP contribution in [-0.4, -0.2) is 44.5 Å². The van der Waals surface area contributed by atoms with Gasteiger partial charge in [0, 0.05) is 36.2 Å². The van der Waals surface area contributed by atoms with E-state index in [9.17, 15) is 13.6 Å². The van der Waals surface area contributed by atoms with Crippen molar-refractivity contribution in [2.45, 2.75) is 19.3 Å². The first-order chi connectivity index (χ1) is 13.9. The van der Waals surface area contributed by atoms with Gasteiger partial charge in [-0.1, -0.05) is 0 Å². The minimum Gasteiger partial charge on any atom is -0.395 e. The maximum Gasteiger partial charge on any atom is 0.586 e. The largest absolute Gasteiger partial charge is 0.586 e. The van der Waals surface area contributed by atoms with Gasteiger partial charge in [0.05, 0.1) is 13.2 Å². The van der Waals surface area contributed by atoms with Crippen LogP contribution in [0.15, 0.2) is 42.5 Å². The molecule has 1 atom stereocenters. The number of ether oxygens (including phenoxy) is 3. The van der Waals surface area contributed by atoms with Gasteiger partial charge in [0.25, 0.3) is 0 Å². The normalized spacial score (nSPS) is 18.2. The van der Waals surface area contributed by atoms with Crippen LogP contribution >= 0.6 is 0 Å². The summed E-state index contributed by atoms with van der Waals surface area (Å²) >= 11 is 0. The number of hydrogen-bond acceptors (Lipinski definition) is 6. The molecule has 29 heavy (non-hydrogen) atoms. The van der Waals surface area contributed by atoms with Crippen molar-refractivity contribution in [2.75, 3.05) is 41.8 Å². The summed E-state index contributed by atoms with van der Waals surface area (Å²) in [4.78, 5) is 14.7. The molecule has 2 aliphatic heterocycles. The van der Waals surface area contributed by atoms with E-state index in [1.807, 2.05) is 24.3 Å². The number of fused-ring (bicyclic) bond motifs is 1. The second-order valence-corrected chi connectivity index (χ2v) is 6.83. The summed E-state index contributed by atoms with van der Waals surface area (Å²) in [6, 6.07) is 11.3. The van der Waals surface area contributed by atoms with Gasteiger partial charge in [0.2, 0.25) is 5.91 Å². The van der Waals surface area contributed by atoms with Crippen LogP contribution in [0.1, 0.15) is 6.92 Å². The maximum atomic E-state index is 13.1. The molecule has 2 aromatic carbocycles. The number of halogens is 2. The Kier molecular flexibility index (Phi) is 5.14. The molecule has 0 unspecified atom stereocenters. The van der Waals surface area contributed by atoms with E-state index in [0.29, 0.717) is 24.6 Å². The zero-order chi connectivity index (χ0) is 20.4. The molecule has 0 saturated carbocycles. The molecule has 2 N–H and O–H groups in total. The average molecular weight is 405 g/mol. The van der Waals surface area contributed by atoms with E-state index in [-0.39, 0.29) is 17.4 Å². The van der Waals surface area contributed by atoms with Crippen LogP contribution in [0, 0.1) is 0 Å². The molecule has 1 amide bonds. The molecular formula is C20H21F2N3O4. The molecule has 0 spiro atoms. The lowest BCUT2D eigenvalue weighted by Gasteiger charge is -2.29. The van der Waals surface area contributed by atoms with Crippen LogP contribution in [0.2, 0.25) is 0 Å². The van der Waals surface area contributed by atoms with E-state index in [1.165, 1.54) is 12.1 Å². The van der Waals surface area contributed by atoms with Crippen LogP contribution in [0.25, 0.3) is 0 Å². The van der Waals surface area contributed by atoms with Crippen molar-refractivity contribution in [2.24, 2.45) is 0 Å². The highest BCUT2D eigenvalue weighted by atomic mass is 19.3. The SMILES string of the molecule is C[C@@H](Nc1ccc2c(c1)OC(F)(F)O2)C(=O)Nc1ccc(N2CCOCC2)cc1. The molecule has 154 valence electrons. The Morgan fingerprint density at radius 2 is 1.69 bits per heavy atom. The molecule has 7 nitrogen and oxygen atoms in total. The van der Waals surface area contributed by atoms with Gasteiger partial charge in [-0.05, 0) is 43.3 Å². The highest BCUT2D eigenvalue weighted by Gasteiger charge is 2.43. The summed E-state index contributed by atoms with van der Waals surface area (Å²) in [5.41, 5.74) is 2.22. The fourth-order valence-corrected chi connectivity index (χ4v) is 3.18. The molecule has 2 aromatic rings. The topological polar surface area (TPSA) is 72.1 Å². The Bertz CT molecular complexity index is 886. The van der Waals surface area contributed by atoms with Gasteiger partial charge < -0.3 is 29.7 Å². The first-order valence-electron chi connectivity index (χ1n) is 9.30. The minimum absolute atomic E-state index is 0.0435. The van der Waals surface area contributed by atoms with E-state index in [2.05, 4.69) is 25.0 Å². The number of anilines is 3. The standard InChI is InChI=1S/C20H21F2N3O4/c1-13(23-15-4-7-17-18(12-15)29-20(21,22)28-17)19(26)24-14-2-5-16(6-3-14)25-8-10-27-11-9-25/h2-7,12-13,23H,8-11H2,1H3,(H,24,26)/t13-/m1/s1. The van der Waals surface area contributed by atoms with Crippen molar-refractivity contribution in [1.29, 1.82) is 0 Å². The first-order valence-corrected chi connectivity index (χ1v) is 9.30. The Labute approximate surface area is 166 Å². The molecule has 0 radical (unpaired) electrons.